The Morgan fingerprint density at radius 1 is 0.950 bits per heavy atom. The summed E-state index contributed by atoms with van der Waals surface area (Å²) in [6, 6.07) is 18.8. The second-order valence-electron chi connectivity index (χ2n) is 5.89. The van der Waals surface area contributed by atoms with Gasteiger partial charge in [0.05, 0.1) is 0 Å². The Kier molecular flexibility index (Phi) is 3.31. The molecule has 2 aliphatic heterocycles. The number of halogens is 1. The van der Waals surface area contributed by atoms with E-state index in [1.165, 1.54) is 35.1 Å². The fourth-order valence-electron chi connectivity index (χ4n) is 3.84. The highest BCUT2D eigenvalue weighted by Gasteiger charge is 2.35. The highest BCUT2D eigenvalue weighted by Crippen LogP contribution is 2.43. The molecule has 4 rings (SSSR count). The number of hydrogen-bond acceptors (Lipinski definition) is 1. The van der Waals surface area contributed by atoms with Crippen LogP contribution in [0, 0.1) is 3.57 Å². The quantitative estimate of drug-likeness (QED) is 0.660. The molecule has 0 spiro atoms. The molecule has 1 saturated heterocycles. The minimum atomic E-state index is 0.539. The van der Waals surface area contributed by atoms with Gasteiger partial charge in [0.15, 0.2) is 0 Å². The van der Waals surface area contributed by atoms with Crippen LogP contribution in [0.1, 0.15) is 41.5 Å². The minimum Gasteiger partial charge on any atom is -0.295 e. The smallest absolute Gasteiger partial charge is 0.0351 e. The zero-order valence-electron chi connectivity index (χ0n) is 11.4. The predicted octanol–water partition coefficient (Wildman–Crippen LogP) is 4.57. The Morgan fingerprint density at radius 2 is 1.70 bits per heavy atom. The van der Waals surface area contributed by atoms with Crippen LogP contribution >= 0.6 is 22.6 Å². The van der Waals surface area contributed by atoms with E-state index in [0.717, 1.165) is 0 Å². The monoisotopic (exact) mass is 375 g/mol. The summed E-state index contributed by atoms with van der Waals surface area (Å²) in [5.41, 5.74) is 4.58. The Bertz CT molecular complexity index is 620. The third kappa shape index (κ3) is 2.09. The zero-order chi connectivity index (χ0) is 13.5. The van der Waals surface area contributed by atoms with E-state index < -0.39 is 0 Å². The molecule has 0 bridgehead atoms. The maximum atomic E-state index is 2.69. The Balaban J connectivity index is 1.80. The summed E-state index contributed by atoms with van der Waals surface area (Å²) >= 11 is 2.38. The lowest BCUT2D eigenvalue weighted by Crippen LogP contribution is -2.34. The maximum Gasteiger partial charge on any atom is 0.0351 e. The number of rotatable bonds is 1. The molecule has 0 aliphatic carbocycles. The fourth-order valence-corrected chi connectivity index (χ4v) is 4.20. The largest absolute Gasteiger partial charge is 0.295 e. The molecule has 1 fully saturated rings. The van der Waals surface area contributed by atoms with E-state index in [-0.39, 0.29) is 0 Å². The average Bonchev–Trinajstić information content (AvgIpc) is 2.96. The normalized spacial score (nSPS) is 25.2. The summed E-state index contributed by atoms with van der Waals surface area (Å²) in [6.45, 7) is 2.45. The molecule has 0 N–H and O–H groups in total. The van der Waals surface area contributed by atoms with Crippen molar-refractivity contribution in [3.8, 4) is 0 Å². The molecule has 20 heavy (non-hydrogen) atoms. The first-order chi connectivity index (χ1) is 9.83. The van der Waals surface area contributed by atoms with Crippen molar-refractivity contribution >= 4 is 22.6 Å². The van der Waals surface area contributed by atoms with Crippen molar-refractivity contribution < 1.29 is 0 Å². The summed E-state index contributed by atoms with van der Waals surface area (Å²) in [5.74, 6) is 0.539. The number of hydrogen-bond donors (Lipinski definition) is 0. The average molecular weight is 375 g/mol. The van der Waals surface area contributed by atoms with Crippen LogP contribution < -0.4 is 0 Å². The molecular formula is C18H18IN. The molecule has 0 saturated carbocycles. The highest BCUT2D eigenvalue weighted by molar-refractivity contribution is 14.1. The molecule has 2 heteroatoms. The van der Waals surface area contributed by atoms with E-state index in [4.69, 9.17) is 0 Å². The SMILES string of the molecule is Ic1ccc([C@@H]2CN3CCC[C@@H]3c3ccccc32)cc1. The van der Waals surface area contributed by atoms with Gasteiger partial charge in [0.2, 0.25) is 0 Å². The van der Waals surface area contributed by atoms with Crippen molar-refractivity contribution in [1.29, 1.82) is 0 Å². The Hall–Kier alpha value is -0.870. The van der Waals surface area contributed by atoms with Gasteiger partial charge in [-0.3, -0.25) is 4.90 Å². The van der Waals surface area contributed by atoms with Crippen molar-refractivity contribution in [2.75, 3.05) is 13.1 Å². The van der Waals surface area contributed by atoms with Crippen molar-refractivity contribution in [3.05, 3.63) is 68.8 Å². The number of benzene rings is 2. The van der Waals surface area contributed by atoms with Gasteiger partial charge in [0, 0.05) is 22.1 Å². The summed E-state index contributed by atoms with van der Waals surface area (Å²) in [5, 5.41) is 0. The standard InChI is InChI=1S/C18H18IN/c19-14-9-7-13(8-10-14)17-12-20-11-3-6-18(20)16-5-2-1-4-15(16)17/h1-2,4-5,7-10,17-18H,3,6,11-12H2/t17-,18+/m0/s1. The van der Waals surface area contributed by atoms with E-state index in [0.29, 0.717) is 12.0 Å². The first-order valence-corrected chi connectivity index (χ1v) is 8.49. The molecule has 2 aromatic carbocycles. The third-order valence-corrected chi connectivity index (χ3v) is 5.50. The third-order valence-electron chi connectivity index (χ3n) is 4.78. The van der Waals surface area contributed by atoms with Gasteiger partial charge in [-0.2, -0.15) is 0 Å². The van der Waals surface area contributed by atoms with E-state index >= 15 is 0 Å². The van der Waals surface area contributed by atoms with Crippen molar-refractivity contribution in [1.82, 2.24) is 4.90 Å². The van der Waals surface area contributed by atoms with E-state index in [9.17, 15) is 0 Å². The topological polar surface area (TPSA) is 3.24 Å². The van der Waals surface area contributed by atoms with Gasteiger partial charge in [0.1, 0.15) is 0 Å². The lowest BCUT2D eigenvalue weighted by Gasteiger charge is -2.37. The number of nitrogens with zero attached hydrogens (tertiary/aromatic N) is 1. The van der Waals surface area contributed by atoms with Gasteiger partial charge in [-0.1, -0.05) is 36.4 Å². The molecule has 102 valence electrons. The van der Waals surface area contributed by atoms with Crippen molar-refractivity contribution in [3.63, 3.8) is 0 Å². The van der Waals surface area contributed by atoms with Gasteiger partial charge in [0.25, 0.3) is 0 Å². The summed E-state index contributed by atoms with van der Waals surface area (Å²) in [7, 11) is 0. The first-order valence-electron chi connectivity index (χ1n) is 7.41. The van der Waals surface area contributed by atoms with Crippen LogP contribution in [0.2, 0.25) is 0 Å². The lowest BCUT2D eigenvalue weighted by molar-refractivity contribution is 0.230. The van der Waals surface area contributed by atoms with Gasteiger partial charge in [-0.05, 0) is 70.8 Å². The molecular weight excluding hydrogens is 357 g/mol. The van der Waals surface area contributed by atoms with Gasteiger partial charge >= 0.3 is 0 Å². The van der Waals surface area contributed by atoms with Gasteiger partial charge in [-0.15, -0.1) is 0 Å². The molecule has 2 aliphatic rings. The highest BCUT2D eigenvalue weighted by atomic mass is 127. The Morgan fingerprint density at radius 3 is 2.50 bits per heavy atom. The molecule has 2 atom stereocenters. The number of fused-ring (bicyclic) bond motifs is 3. The summed E-state index contributed by atoms with van der Waals surface area (Å²) < 4.78 is 1.31. The molecule has 0 aromatic heterocycles. The summed E-state index contributed by atoms with van der Waals surface area (Å²) in [4.78, 5) is 2.69. The second-order valence-corrected chi connectivity index (χ2v) is 7.13. The van der Waals surface area contributed by atoms with Gasteiger partial charge < -0.3 is 0 Å². The van der Waals surface area contributed by atoms with Crippen LogP contribution in [-0.2, 0) is 0 Å². The molecule has 2 aromatic rings. The lowest BCUT2D eigenvalue weighted by atomic mass is 9.82. The van der Waals surface area contributed by atoms with Crippen molar-refractivity contribution in [2.45, 2.75) is 24.8 Å². The maximum absolute atomic E-state index is 2.69. The fraction of sp³-hybridized carbons (Fsp3) is 0.333. The van der Waals surface area contributed by atoms with Crippen LogP contribution in [0.4, 0.5) is 0 Å². The summed E-state index contributed by atoms with van der Waals surface area (Å²) in [6.07, 6.45) is 2.68. The molecule has 0 radical (unpaired) electrons. The molecule has 2 heterocycles. The van der Waals surface area contributed by atoms with Crippen LogP contribution in [0.3, 0.4) is 0 Å². The van der Waals surface area contributed by atoms with Crippen LogP contribution in [0.15, 0.2) is 48.5 Å². The Labute approximate surface area is 134 Å². The minimum absolute atomic E-state index is 0.539. The van der Waals surface area contributed by atoms with E-state index in [2.05, 4.69) is 76.0 Å². The molecule has 0 amide bonds. The van der Waals surface area contributed by atoms with E-state index in [1.54, 1.807) is 11.1 Å². The van der Waals surface area contributed by atoms with Crippen LogP contribution in [0.5, 0.6) is 0 Å². The van der Waals surface area contributed by atoms with E-state index in [1.807, 2.05) is 0 Å². The van der Waals surface area contributed by atoms with Crippen LogP contribution in [0.25, 0.3) is 0 Å². The molecule has 1 nitrogen and oxygen atoms in total. The van der Waals surface area contributed by atoms with Crippen molar-refractivity contribution in [2.24, 2.45) is 0 Å². The van der Waals surface area contributed by atoms with Crippen LogP contribution in [-0.4, -0.2) is 18.0 Å². The molecule has 0 unspecified atom stereocenters. The van der Waals surface area contributed by atoms with Gasteiger partial charge in [-0.25, -0.2) is 0 Å². The predicted molar refractivity (Wildman–Crippen MR) is 91.0 cm³/mol. The zero-order valence-corrected chi connectivity index (χ0v) is 13.6. The second kappa shape index (κ2) is 5.15. The first kappa shape index (κ1) is 12.8.